The van der Waals surface area contributed by atoms with E-state index in [0.29, 0.717) is 30.2 Å². The molecule has 222 valence electrons. The number of carbonyl (C=O) groups is 1. The fourth-order valence-corrected chi connectivity index (χ4v) is 5.11. The van der Waals surface area contributed by atoms with Gasteiger partial charge in [0.25, 0.3) is 0 Å². The Kier molecular flexibility index (Phi) is 10.6. The molecule has 41 heavy (non-hydrogen) atoms. The van der Waals surface area contributed by atoms with E-state index in [1.165, 1.54) is 25.3 Å². The van der Waals surface area contributed by atoms with Crippen LogP contribution in [0.15, 0.2) is 59.0 Å². The number of nitrogens with one attached hydrogen (secondary N) is 2. The first kappa shape index (κ1) is 31.7. The van der Waals surface area contributed by atoms with Crippen LogP contribution in [-0.2, 0) is 20.2 Å². The minimum atomic E-state index is -3.01. The number of carbonyl (C=O) groups excluding carboxylic acids is 1. The largest absolute Gasteiger partial charge is 0.494 e. The van der Waals surface area contributed by atoms with Crippen molar-refractivity contribution in [3.05, 3.63) is 71.7 Å². The minimum absolute atomic E-state index is 0.0552. The molecule has 0 radical (unpaired) electrons. The van der Waals surface area contributed by atoms with Gasteiger partial charge in [0.05, 0.1) is 34.0 Å². The van der Waals surface area contributed by atoms with Crippen molar-refractivity contribution in [3.8, 4) is 5.75 Å². The molecule has 1 aromatic carbocycles. The number of halogens is 2. The molecule has 2 N–H and O–H groups in total. The molecular weight excluding hydrogens is 552 g/mol. The maximum absolute atomic E-state index is 14.8. The monoisotopic (exact) mass is 589 g/mol. The lowest BCUT2D eigenvalue weighted by molar-refractivity contribution is 0.0607. The van der Waals surface area contributed by atoms with Crippen LogP contribution in [-0.4, -0.2) is 45.3 Å². The molecule has 4 bridgehead atoms. The Balaban J connectivity index is 2.03. The third-order valence-electron chi connectivity index (χ3n) is 5.63. The fourth-order valence-electron chi connectivity index (χ4n) is 3.91. The number of nitrogens with zero attached hydrogens (tertiary/aromatic N) is 3. The van der Waals surface area contributed by atoms with Crippen molar-refractivity contribution in [2.24, 2.45) is 4.36 Å². The summed E-state index contributed by atoms with van der Waals surface area (Å²) in [5, 5.41) is 6.09. The minimum Gasteiger partial charge on any atom is -0.494 e. The molecule has 1 unspecified atom stereocenters. The first-order valence-corrected chi connectivity index (χ1v) is 15.3. The van der Waals surface area contributed by atoms with Crippen LogP contribution in [0.2, 0.25) is 0 Å². The number of rotatable bonds is 3. The van der Waals surface area contributed by atoms with E-state index in [4.69, 9.17) is 9.47 Å². The van der Waals surface area contributed by atoms with Crippen LogP contribution in [0.3, 0.4) is 0 Å². The Labute approximate surface area is 240 Å². The molecule has 9 nitrogen and oxygen atoms in total. The molecule has 1 amide bonds. The zero-order valence-corrected chi connectivity index (χ0v) is 24.9. The van der Waals surface area contributed by atoms with Gasteiger partial charge in [-0.15, -0.1) is 4.36 Å². The van der Waals surface area contributed by atoms with Gasteiger partial charge in [-0.3, -0.25) is 0 Å². The van der Waals surface area contributed by atoms with E-state index in [0.717, 1.165) is 25.5 Å². The zero-order chi connectivity index (χ0) is 30.2. The highest BCUT2D eigenvalue weighted by atomic mass is 32.2. The molecule has 1 aliphatic heterocycles. The summed E-state index contributed by atoms with van der Waals surface area (Å²) in [6, 6.07) is 5.14. The normalized spacial score (nSPS) is 18.6. The van der Waals surface area contributed by atoms with Crippen molar-refractivity contribution in [1.29, 1.82) is 0 Å². The van der Waals surface area contributed by atoms with Crippen LogP contribution in [0.5, 0.6) is 5.75 Å². The van der Waals surface area contributed by atoms with Crippen molar-refractivity contribution in [2.45, 2.75) is 58.3 Å². The fraction of sp³-hybridized carbons (Fsp3) is 0.414. The van der Waals surface area contributed by atoms with Gasteiger partial charge in [0.15, 0.2) is 5.82 Å². The van der Waals surface area contributed by atoms with Crippen molar-refractivity contribution >= 4 is 33.0 Å². The van der Waals surface area contributed by atoms with Crippen LogP contribution in [0.1, 0.15) is 58.2 Å². The first-order valence-electron chi connectivity index (χ1n) is 13.2. The van der Waals surface area contributed by atoms with E-state index in [2.05, 4.69) is 31.5 Å². The van der Waals surface area contributed by atoms with Gasteiger partial charge in [-0.05, 0) is 70.7 Å². The van der Waals surface area contributed by atoms with Gasteiger partial charge in [0.1, 0.15) is 22.9 Å². The molecule has 0 fully saturated rings. The highest BCUT2D eigenvalue weighted by Gasteiger charge is 2.18. The van der Waals surface area contributed by atoms with Crippen LogP contribution >= 0.6 is 0 Å². The molecular formula is C29H37F2N5O4S. The molecule has 1 aromatic heterocycles. The molecule has 0 aliphatic carbocycles. The van der Waals surface area contributed by atoms with Gasteiger partial charge in [0, 0.05) is 30.1 Å². The average Bonchev–Trinajstić information content (AvgIpc) is 2.84. The van der Waals surface area contributed by atoms with Crippen LogP contribution in [0.25, 0.3) is 5.57 Å². The third-order valence-corrected chi connectivity index (χ3v) is 7.04. The van der Waals surface area contributed by atoms with Gasteiger partial charge < -0.3 is 20.1 Å². The standard InChI is InChI=1S/C29H37F2N5O4S/c1-7-21-15-25(19(2)30)32-11-9-8-10-12-39-23-14-20(18-41(6,38)36-28(37)40-29(3,4)5)13-22(16-23)34-27-33-17-24(31)26(21)35-27/h7,13-17,32H,1,8-12,18H2,2-6H3,(H,33,34,35)/b21-15+,25-19-. The summed E-state index contributed by atoms with van der Waals surface area (Å²) in [7, 11) is -3.01. The third kappa shape index (κ3) is 10.3. The SMILES string of the molecule is C=C/C1=C\C(=C(/C)F)NCCCCCOc2cc(CS(C)(=O)=NC(=O)OC(C)(C)C)cc(c2)Nc2ncc(F)c1n2. The average molecular weight is 590 g/mol. The van der Waals surface area contributed by atoms with Gasteiger partial charge in [-0.2, -0.15) is 0 Å². The number of hydrogen-bond acceptors (Lipinski definition) is 8. The Hall–Kier alpha value is -3.80. The van der Waals surface area contributed by atoms with Crippen LogP contribution in [0, 0.1) is 5.82 Å². The van der Waals surface area contributed by atoms with Crippen LogP contribution < -0.4 is 15.4 Å². The topological polar surface area (TPSA) is 115 Å². The lowest BCUT2D eigenvalue weighted by Crippen LogP contribution is -2.22. The predicted molar refractivity (Wildman–Crippen MR) is 157 cm³/mol. The summed E-state index contributed by atoms with van der Waals surface area (Å²) in [4.78, 5) is 20.6. The van der Waals surface area contributed by atoms with E-state index in [1.807, 2.05) is 0 Å². The van der Waals surface area contributed by atoms with Gasteiger partial charge in [-0.1, -0.05) is 12.7 Å². The van der Waals surface area contributed by atoms with Crippen molar-refractivity contribution in [1.82, 2.24) is 15.3 Å². The Morgan fingerprint density at radius 1 is 1.27 bits per heavy atom. The highest BCUT2D eigenvalue weighted by Crippen LogP contribution is 2.27. The van der Waals surface area contributed by atoms with E-state index in [1.54, 1.807) is 39.0 Å². The smallest absolute Gasteiger partial charge is 0.442 e. The number of aromatic nitrogens is 2. The molecule has 2 aromatic rings. The second kappa shape index (κ2) is 13.7. The second-order valence-corrected chi connectivity index (χ2v) is 13.0. The van der Waals surface area contributed by atoms with Crippen molar-refractivity contribution in [3.63, 3.8) is 0 Å². The Morgan fingerprint density at radius 3 is 2.71 bits per heavy atom. The molecule has 12 heteroatoms. The van der Waals surface area contributed by atoms with Gasteiger partial charge >= 0.3 is 6.09 Å². The molecule has 2 heterocycles. The van der Waals surface area contributed by atoms with E-state index in [9.17, 15) is 17.8 Å². The second-order valence-electron chi connectivity index (χ2n) is 10.6. The van der Waals surface area contributed by atoms with E-state index in [-0.39, 0.29) is 28.7 Å². The Bertz CT molecular complexity index is 1470. The quantitative estimate of drug-likeness (QED) is 0.401. The molecule has 3 rings (SSSR count). The molecule has 0 saturated carbocycles. The zero-order valence-electron chi connectivity index (χ0n) is 24.1. The maximum atomic E-state index is 14.8. The summed E-state index contributed by atoms with van der Waals surface area (Å²) in [5.41, 5.74) is 0.705. The predicted octanol–water partition coefficient (Wildman–Crippen LogP) is 6.81. The van der Waals surface area contributed by atoms with Crippen molar-refractivity contribution < 1.29 is 27.3 Å². The lowest BCUT2D eigenvalue weighted by atomic mass is 10.1. The Morgan fingerprint density at radius 2 is 2.02 bits per heavy atom. The number of hydrogen-bond donors (Lipinski definition) is 2. The first-order chi connectivity index (χ1) is 19.2. The van der Waals surface area contributed by atoms with Gasteiger partial charge in [0.2, 0.25) is 5.95 Å². The van der Waals surface area contributed by atoms with Gasteiger partial charge in [-0.25, -0.2) is 27.8 Å². The molecule has 0 saturated heterocycles. The van der Waals surface area contributed by atoms with Crippen molar-refractivity contribution in [2.75, 3.05) is 24.7 Å². The number of allylic oxidation sites excluding steroid dienone is 4. The van der Waals surface area contributed by atoms with Crippen LogP contribution in [0.4, 0.5) is 25.2 Å². The highest BCUT2D eigenvalue weighted by molar-refractivity contribution is 7.92. The summed E-state index contributed by atoms with van der Waals surface area (Å²) >= 11 is 0. The molecule has 1 aliphatic rings. The van der Waals surface area contributed by atoms with E-state index >= 15 is 0 Å². The molecule has 1 atom stereocenters. The molecule has 0 spiro atoms. The summed E-state index contributed by atoms with van der Waals surface area (Å²) in [6.07, 6.45) is 6.65. The number of benzene rings is 1. The number of anilines is 2. The number of fused-ring (bicyclic) bond motifs is 4. The summed E-state index contributed by atoms with van der Waals surface area (Å²) in [6.45, 7) is 11.1. The lowest BCUT2D eigenvalue weighted by Gasteiger charge is -2.17. The number of amides is 1. The maximum Gasteiger partial charge on any atom is 0.442 e. The summed E-state index contributed by atoms with van der Waals surface area (Å²) in [5.74, 6) is -0.657. The number of ether oxygens (including phenoxy) is 2. The van der Waals surface area contributed by atoms with E-state index < -0.39 is 33.1 Å². The summed E-state index contributed by atoms with van der Waals surface area (Å²) < 4.78 is 57.3.